The van der Waals surface area contributed by atoms with E-state index in [-0.39, 0.29) is 0 Å². The normalized spacial score (nSPS) is 23.1. The Bertz CT molecular complexity index is 362. The first-order valence-corrected chi connectivity index (χ1v) is 6.65. The van der Waals surface area contributed by atoms with Gasteiger partial charge in [0.15, 0.2) is 0 Å². The van der Waals surface area contributed by atoms with Crippen LogP contribution in [0.4, 0.5) is 0 Å². The van der Waals surface area contributed by atoms with Crippen LogP contribution in [0.5, 0.6) is 0 Å². The zero-order chi connectivity index (χ0) is 12.3. The number of nitrogens with one attached hydrogen (secondary N) is 1. The molecule has 1 aromatic carbocycles. The molecule has 0 bridgehead atoms. The molecule has 1 aromatic rings. The van der Waals surface area contributed by atoms with Crippen molar-refractivity contribution in [1.29, 1.82) is 0 Å². The second-order valence-corrected chi connectivity index (χ2v) is 5.20. The van der Waals surface area contributed by atoms with Gasteiger partial charge in [0.25, 0.3) is 0 Å². The summed E-state index contributed by atoms with van der Waals surface area (Å²) in [5, 5.41) is 3.55. The predicted octanol–water partition coefficient (Wildman–Crippen LogP) is 2.93. The lowest BCUT2D eigenvalue weighted by atomic mass is 10.1. The van der Waals surface area contributed by atoms with Crippen LogP contribution in [-0.2, 0) is 11.2 Å². The van der Waals surface area contributed by atoms with Crippen molar-refractivity contribution in [2.75, 3.05) is 13.2 Å². The summed E-state index contributed by atoms with van der Waals surface area (Å²) < 4.78 is 6.05. The van der Waals surface area contributed by atoms with Crippen LogP contribution in [0, 0.1) is 5.92 Å². The average Bonchev–Trinajstić information content (AvgIpc) is 2.66. The zero-order valence-corrected chi connectivity index (χ0v) is 11.1. The van der Waals surface area contributed by atoms with Crippen molar-refractivity contribution >= 4 is 0 Å². The van der Waals surface area contributed by atoms with Crippen molar-refractivity contribution in [2.45, 2.75) is 39.3 Å². The first-order valence-electron chi connectivity index (χ1n) is 6.65. The van der Waals surface area contributed by atoms with Crippen LogP contribution < -0.4 is 5.32 Å². The van der Waals surface area contributed by atoms with E-state index in [4.69, 9.17) is 4.74 Å². The quantitative estimate of drug-likeness (QED) is 0.844. The molecule has 0 radical (unpaired) electrons. The van der Waals surface area contributed by atoms with E-state index in [1.165, 1.54) is 11.1 Å². The minimum atomic E-state index is 0.301. The summed E-state index contributed by atoms with van der Waals surface area (Å²) >= 11 is 0. The van der Waals surface area contributed by atoms with Crippen LogP contribution in [-0.4, -0.2) is 19.3 Å². The summed E-state index contributed by atoms with van der Waals surface area (Å²) in [5.74, 6) is 0.598. The minimum absolute atomic E-state index is 0.301. The largest absolute Gasteiger partial charge is 0.376 e. The highest BCUT2D eigenvalue weighted by molar-refractivity contribution is 5.36. The summed E-state index contributed by atoms with van der Waals surface area (Å²) in [7, 11) is 0. The molecule has 2 rings (SSSR count). The highest BCUT2D eigenvalue weighted by atomic mass is 16.5. The molecule has 0 saturated carbocycles. The fraction of sp³-hybridized carbons (Fsp3) is 0.600. The maximum Gasteiger partial charge on any atom is 0.0810 e. The molecule has 94 valence electrons. The fourth-order valence-electron chi connectivity index (χ4n) is 2.49. The Labute approximate surface area is 104 Å². The van der Waals surface area contributed by atoms with E-state index in [1.54, 1.807) is 0 Å². The Kier molecular flexibility index (Phi) is 4.19. The fourth-order valence-corrected chi connectivity index (χ4v) is 2.49. The summed E-state index contributed by atoms with van der Waals surface area (Å²) in [6, 6.07) is 9.05. The number of hydrogen-bond donors (Lipinski definition) is 1. The molecule has 0 fully saturated rings. The van der Waals surface area contributed by atoms with E-state index < -0.39 is 0 Å². The summed E-state index contributed by atoms with van der Waals surface area (Å²) in [4.78, 5) is 0. The molecular weight excluding hydrogens is 210 g/mol. The maximum absolute atomic E-state index is 6.05. The van der Waals surface area contributed by atoms with Crippen LogP contribution in [0.25, 0.3) is 0 Å². The molecule has 1 N–H and O–H groups in total. The first kappa shape index (κ1) is 12.6. The van der Waals surface area contributed by atoms with E-state index in [1.807, 2.05) is 0 Å². The van der Waals surface area contributed by atoms with E-state index in [0.717, 1.165) is 19.6 Å². The number of ether oxygens (including phenoxy) is 1. The smallest absolute Gasteiger partial charge is 0.0810 e. The standard InChI is InChI=1S/C15H23NO/c1-4-16-15-13-8-6-5-7-12(13)9-14(15)17-10-11(2)3/h5-8,11,14-16H,4,9-10H2,1-3H3. The van der Waals surface area contributed by atoms with Gasteiger partial charge in [0.05, 0.1) is 12.1 Å². The molecule has 2 heteroatoms. The molecule has 0 heterocycles. The van der Waals surface area contributed by atoms with Crippen molar-refractivity contribution in [3.05, 3.63) is 35.4 Å². The van der Waals surface area contributed by atoms with Gasteiger partial charge in [-0.25, -0.2) is 0 Å². The van der Waals surface area contributed by atoms with E-state index in [9.17, 15) is 0 Å². The topological polar surface area (TPSA) is 21.3 Å². The second kappa shape index (κ2) is 5.65. The molecule has 17 heavy (non-hydrogen) atoms. The lowest BCUT2D eigenvalue weighted by molar-refractivity contribution is 0.0196. The van der Waals surface area contributed by atoms with Crippen molar-refractivity contribution in [2.24, 2.45) is 5.92 Å². The summed E-state index contributed by atoms with van der Waals surface area (Å²) in [5.41, 5.74) is 2.86. The third-order valence-corrected chi connectivity index (χ3v) is 3.25. The van der Waals surface area contributed by atoms with Gasteiger partial charge < -0.3 is 10.1 Å². The number of hydrogen-bond acceptors (Lipinski definition) is 2. The van der Waals surface area contributed by atoms with Crippen molar-refractivity contribution in [3.63, 3.8) is 0 Å². The molecule has 2 unspecified atom stereocenters. The monoisotopic (exact) mass is 233 g/mol. The molecule has 0 spiro atoms. The number of rotatable bonds is 5. The lowest BCUT2D eigenvalue weighted by Gasteiger charge is -2.22. The Morgan fingerprint density at radius 3 is 2.82 bits per heavy atom. The molecule has 2 nitrogen and oxygen atoms in total. The van der Waals surface area contributed by atoms with Crippen LogP contribution in [0.1, 0.15) is 37.9 Å². The van der Waals surface area contributed by atoms with Gasteiger partial charge in [0.1, 0.15) is 0 Å². The van der Waals surface area contributed by atoms with Gasteiger partial charge in [-0.1, -0.05) is 45.0 Å². The average molecular weight is 233 g/mol. The van der Waals surface area contributed by atoms with Gasteiger partial charge in [-0.15, -0.1) is 0 Å². The molecule has 0 saturated heterocycles. The van der Waals surface area contributed by atoms with Gasteiger partial charge in [-0.2, -0.15) is 0 Å². The molecule has 1 aliphatic carbocycles. The Hall–Kier alpha value is -0.860. The first-order chi connectivity index (χ1) is 8.22. The van der Waals surface area contributed by atoms with Gasteiger partial charge in [-0.3, -0.25) is 0 Å². The van der Waals surface area contributed by atoms with E-state index in [0.29, 0.717) is 18.1 Å². The third-order valence-electron chi connectivity index (χ3n) is 3.25. The highest BCUT2D eigenvalue weighted by Gasteiger charge is 2.32. The zero-order valence-electron chi connectivity index (χ0n) is 11.1. The van der Waals surface area contributed by atoms with E-state index in [2.05, 4.69) is 50.4 Å². The Morgan fingerprint density at radius 2 is 2.12 bits per heavy atom. The summed E-state index contributed by atoms with van der Waals surface area (Å²) in [6.07, 6.45) is 1.34. The predicted molar refractivity (Wildman–Crippen MR) is 71.1 cm³/mol. The maximum atomic E-state index is 6.05. The lowest BCUT2D eigenvalue weighted by Crippen LogP contribution is -2.31. The van der Waals surface area contributed by atoms with Crippen molar-refractivity contribution in [3.8, 4) is 0 Å². The van der Waals surface area contributed by atoms with Gasteiger partial charge in [0, 0.05) is 13.0 Å². The highest BCUT2D eigenvalue weighted by Crippen LogP contribution is 2.33. The minimum Gasteiger partial charge on any atom is -0.376 e. The van der Waals surface area contributed by atoms with Crippen molar-refractivity contribution < 1.29 is 4.74 Å². The van der Waals surface area contributed by atoms with Gasteiger partial charge >= 0.3 is 0 Å². The van der Waals surface area contributed by atoms with Crippen molar-refractivity contribution in [1.82, 2.24) is 5.32 Å². The Morgan fingerprint density at radius 1 is 1.35 bits per heavy atom. The van der Waals surface area contributed by atoms with Crippen LogP contribution in [0.2, 0.25) is 0 Å². The number of benzene rings is 1. The van der Waals surface area contributed by atoms with Gasteiger partial charge in [0.2, 0.25) is 0 Å². The summed E-state index contributed by atoms with van der Waals surface area (Å²) in [6.45, 7) is 8.39. The third kappa shape index (κ3) is 2.88. The van der Waals surface area contributed by atoms with Gasteiger partial charge in [-0.05, 0) is 23.6 Å². The molecular formula is C15H23NO. The molecule has 0 amide bonds. The van der Waals surface area contributed by atoms with Crippen LogP contribution in [0.3, 0.4) is 0 Å². The van der Waals surface area contributed by atoms with Crippen LogP contribution >= 0.6 is 0 Å². The number of likely N-dealkylation sites (N-methyl/N-ethyl adjacent to an activating group) is 1. The SMILES string of the molecule is CCNC1c2ccccc2CC1OCC(C)C. The number of fused-ring (bicyclic) bond motifs is 1. The Balaban J connectivity index is 2.09. The molecule has 0 aliphatic heterocycles. The molecule has 0 aromatic heterocycles. The molecule has 1 aliphatic rings. The second-order valence-electron chi connectivity index (χ2n) is 5.20. The molecule has 2 atom stereocenters. The van der Waals surface area contributed by atoms with E-state index >= 15 is 0 Å². The van der Waals surface area contributed by atoms with Crippen LogP contribution in [0.15, 0.2) is 24.3 Å².